The monoisotopic (exact) mass is 214 g/mol. The van der Waals surface area contributed by atoms with E-state index in [9.17, 15) is 0 Å². The maximum atomic E-state index is 8.47. The van der Waals surface area contributed by atoms with E-state index in [4.69, 9.17) is 9.84 Å². The number of rotatable bonds is 8. The number of hydrogen-bond donors (Lipinski definition) is 2. The van der Waals surface area contributed by atoms with Crippen LogP contribution in [0.15, 0.2) is 6.20 Å². The highest BCUT2D eigenvalue weighted by Crippen LogP contribution is 1.91. The van der Waals surface area contributed by atoms with Crippen molar-refractivity contribution in [2.24, 2.45) is 7.05 Å². The number of nitrogens with zero attached hydrogens (tertiary/aromatic N) is 3. The van der Waals surface area contributed by atoms with Gasteiger partial charge in [-0.3, -0.25) is 4.68 Å². The van der Waals surface area contributed by atoms with Crippen molar-refractivity contribution in [3.63, 3.8) is 0 Å². The summed E-state index contributed by atoms with van der Waals surface area (Å²) in [6.45, 7) is 2.84. The van der Waals surface area contributed by atoms with Crippen LogP contribution >= 0.6 is 0 Å². The van der Waals surface area contributed by atoms with Gasteiger partial charge in [-0.25, -0.2) is 0 Å². The predicted molar refractivity (Wildman–Crippen MR) is 55.2 cm³/mol. The lowest BCUT2D eigenvalue weighted by atomic mass is 10.4. The molecule has 86 valence electrons. The molecule has 0 radical (unpaired) electrons. The van der Waals surface area contributed by atoms with Crippen LogP contribution < -0.4 is 5.32 Å². The second kappa shape index (κ2) is 7.33. The number of aliphatic hydroxyl groups is 1. The van der Waals surface area contributed by atoms with Crippen LogP contribution in [0.5, 0.6) is 0 Å². The summed E-state index contributed by atoms with van der Waals surface area (Å²) < 4.78 is 6.87. The summed E-state index contributed by atoms with van der Waals surface area (Å²) >= 11 is 0. The van der Waals surface area contributed by atoms with Crippen LogP contribution in [0.4, 0.5) is 0 Å². The Hall–Kier alpha value is -0.980. The average molecular weight is 214 g/mol. The Morgan fingerprint density at radius 3 is 3.07 bits per heavy atom. The van der Waals surface area contributed by atoms with Gasteiger partial charge in [0.05, 0.1) is 25.1 Å². The fraction of sp³-hybridized carbons (Fsp3) is 0.778. The zero-order valence-corrected chi connectivity index (χ0v) is 9.02. The van der Waals surface area contributed by atoms with Gasteiger partial charge in [0.1, 0.15) is 0 Å². The lowest BCUT2D eigenvalue weighted by Gasteiger charge is -2.04. The van der Waals surface area contributed by atoms with E-state index < -0.39 is 0 Å². The molecule has 15 heavy (non-hydrogen) atoms. The van der Waals surface area contributed by atoms with Crippen LogP contribution in [0.3, 0.4) is 0 Å². The largest absolute Gasteiger partial charge is 0.394 e. The standard InChI is InChI=1S/C9H18N4O2/c1-13-9(8-11-12-13)7-10-3-2-5-15-6-4-14/h8,10,14H,2-7H2,1H3. The van der Waals surface area contributed by atoms with E-state index in [1.54, 1.807) is 10.9 Å². The van der Waals surface area contributed by atoms with Gasteiger partial charge in [0, 0.05) is 20.2 Å². The normalized spacial score (nSPS) is 10.8. The maximum absolute atomic E-state index is 8.47. The molecule has 1 aromatic rings. The highest BCUT2D eigenvalue weighted by Gasteiger charge is 1.97. The summed E-state index contributed by atoms with van der Waals surface area (Å²) in [5.41, 5.74) is 1.06. The first kappa shape index (κ1) is 12.1. The van der Waals surface area contributed by atoms with Crippen molar-refractivity contribution in [2.45, 2.75) is 13.0 Å². The van der Waals surface area contributed by atoms with E-state index in [0.717, 1.165) is 25.2 Å². The van der Waals surface area contributed by atoms with Crippen LogP contribution in [-0.4, -0.2) is 46.5 Å². The molecule has 0 saturated heterocycles. The minimum Gasteiger partial charge on any atom is -0.394 e. The lowest BCUT2D eigenvalue weighted by Crippen LogP contribution is -2.18. The van der Waals surface area contributed by atoms with Crippen LogP contribution in [0, 0.1) is 0 Å². The summed E-state index contributed by atoms with van der Waals surface area (Å²) in [6.07, 6.45) is 2.68. The molecule has 0 aliphatic heterocycles. The summed E-state index contributed by atoms with van der Waals surface area (Å²) in [4.78, 5) is 0. The highest BCUT2D eigenvalue weighted by atomic mass is 16.5. The number of ether oxygens (including phenoxy) is 1. The van der Waals surface area contributed by atoms with Gasteiger partial charge in [0.25, 0.3) is 0 Å². The summed E-state index contributed by atoms with van der Waals surface area (Å²) in [5.74, 6) is 0. The van der Waals surface area contributed by atoms with Gasteiger partial charge in [-0.15, -0.1) is 5.10 Å². The molecular weight excluding hydrogens is 196 g/mol. The predicted octanol–water partition coefficient (Wildman–Crippen LogP) is -0.696. The first-order valence-electron chi connectivity index (χ1n) is 5.07. The Kier molecular flexibility index (Phi) is 5.91. The van der Waals surface area contributed by atoms with Crippen LogP contribution in [0.25, 0.3) is 0 Å². The Labute approximate surface area is 89.2 Å². The van der Waals surface area contributed by atoms with Crippen molar-refractivity contribution in [3.8, 4) is 0 Å². The quantitative estimate of drug-likeness (QED) is 0.560. The molecule has 0 amide bonds. The van der Waals surface area contributed by atoms with E-state index in [1.165, 1.54) is 0 Å². The van der Waals surface area contributed by atoms with E-state index >= 15 is 0 Å². The van der Waals surface area contributed by atoms with Crippen LogP contribution in [0.1, 0.15) is 12.1 Å². The molecule has 0 fully saturated rings. The zero-order chi connectivity index (χ0) is 10.9. The molecule has 0 aliphatic rings. The molecule has 2 N–H and O–H groups in total. The summed E-state index contributed by atoms with van der Waals surface area (Å²) in [7, 11) is 1.87. The summed E-state index contributed by atoms with van der Waals surface area (Å²) in [5, 5.41) is 19.3. The number of aliphatic hydroxyl groups excluding tert-OH is 1. The van der Waals surface area contributed by atoms with Crippen molar-refractivity contribution >= 4 is 0 Å². The highest BCUT2D eigenvalue weighted by molar-refractivity contribution is 4.91. The van der Waals surface area contributed by atoms with Gasteiger partial charge < -0.3 is 15.2 Å². The van der Waals surface area contributed by atoms with Crippen molar-refractivity contribution in [1.82, 2.24) is 20.3 Å². The van der Waals surface area contributed by atoms with Gasteiger partial charge in [-0.05, 0) is 13.0 Å². The molecule has 0 bridgehead atoms. The fourth-order valence-corrected chi connectivity index (χ4v) is 1.15. The number of nitrogens with one attached hydrogen (secondary N) is 1. The molecule has 0 spiro atoms. The minimum atomic E-state index is 0.0914. The third-order valence-corrected chi connectivity index (χ3v) is 1.99. The molecule has 1 aromatic heterocycles. The zero-order valence-electron chi connectivity index (χ0n) is 9.02. The molecule has 0 atom stereocenters. The number of aryl methyl sites for hydroxylation is 1. The van der Waals surface area contributed by atoms with Gasteiger partial charge in [-0.2, -0.15) is 0 Å². The molecule has 6 nitrogen and oxygen atoms in total. The first-order valence-corrected chi connectivity index (χ1v) is 5.07. The number of aromatic nitrogens is 3. The Balaban J connectivity index is 1.96. The summed E-state index contributed by atoms with van der Waals surface area (Å²) in [6, 6.07) is 0. The van der Waals surface area contributed by atoms with E-state index in [2.05, 4.69) is 15.6 Å². The van der Waals surface area contributed by atoms with Gasteiger partial charge in [-0.1, -0.05) is 5.21 Å². The van der Waals surface area contributed by atoms with Gasteiger partial charge in [0.15, 0.2) is 0 Å². The molecule has 0 unspecified atom stereocenters. The Morgan fingerprint density at radius 2 is 2.40 bits per heavy atom. The minimum absolute atomic E-state index is 0.0914. The second-order valence-electron chi connectivity index (χ2n) is 3.22. The smallest absolute Gasteiger partial charge is 0.0738 e. The maximum Gasteiger partial charge on any atom is 0.0738 e. The molecule has 0 aromatic carbocycles. The Morgan fingerprint density at radius 1 is 1.53 bits per heavy atom. The molecule has 6 heteroatoms. The average Bonchev–Trinajstić information content (AvgIpc) is 2.63. The van der Waals surface area contributed by atoms with Crippen molar-refractivity contribution in [3.05, 3.63) is 11.9 Å². The van der Waals surface area contributed by atoms with Gasteiger partial charge in [0.2, 0.25) is 0 Å². The second-order valence-corrected chi connectivity index (χ2v) is 3.22. The molecule has 0 saturated carbocycles. The number of hydrogen-bond acceptors (Lipinski definition) is 5. The molecule has 1 heterocycles. The topological polar surface area (TPSA) is 72.2 Å². The lowest BCUT2D eigenvalue weighted by molar-refractivity contribution is 0.0907. The van der Waals surface area contributed by atoms with Crippen molar-refractivity contribution in [1.29, 1.82) is 0 Å². The van der Waals surface area contributed by atoms with Gasteiger partial charge >= 0.3 is 0 Å². The third-order valence-electron chi connectivity index (χ3n) is 1.99. The fourth-order valence-electron chi connectivity index (χ4n) is 1.15. The molecule has 0 aliphatic carbocycles. The third kappa shape index (κ3) is 4.87. The Bertz CT molecular complexity index is 264. The van der Waals surface area contributed by atoms with Crippen molar-refractivity contribution in [2.75, 3.05) is 26.4 Å². The van der Waals surface area contributed by atoms with Crippen LogP contribution in [0.2, 0.25) is 0 Å². The molecular formula is C9H18N4O2. The van der Waals surface area contributed by atoms with E-state index in [0.29, 0.717) is 13.2 Å². The van der Waals surface area contributed by atoms with E-state index in [-0.39, 0.29) is 6.61 Å². The molecule has 1 rings (SSSR count). The SMILES string of the molecule is Cn1nncc1CNCCCOCCO. The van der Waals surface area contributed by atoms with Crippen LogP contribution in [-0.2, 0) is 18.3 Å². The van der Waals surface area contributed by atoms with E-state index in [1.807, 2.05) is 7.05 Å². The van der Waals surface area contributed by atoms with Crippen molar-refractivity contribution < 1.29 is 9.84 Å². The first-order chi connectivity index (χ1) is 7.34.